The lowest BCUT2D eigenvalue weighted by molar-refractivity contribution is -0.153. The fraction of sp³-hybridized carbons (Fsp3) is 0.217. The van der Waals surface area contributed by atoms with Crippen molar-refractivity contribution in [3.63, 3.8) is 0 Å². The van der Waals surface area contributed by atoms with Gasteiger partial charge in [-0.15, -0.1) is 0 Å². The van der Waals surface area contributed by atoms with Gasteiger partial charge in [-0.2, -0.15) is 4.72 Å². The number of sulfonamides is 1. The molecule has 0 saturated carbocycles. The molecule has 3 aromatic carbocycles. The Kier molecular flexibility index (Phi) is 6.42. The van der Waals surface area contributed by atoms with E-state index in [1.807, 2.05) is 36.4 Å². The first-order chi connectivity index (χ1) is 14.5. The van der Waals surface area contributed by atoms with Gasteiger partial charge in [0.2, 0.25) is 10.0 Å². The summed E-state index contributed by atoms with van der Waals surface area (Å²) in [5.74, 6) is -0.967. The van der Waals surface area contributed by atoms with Gasteiger partial charge in [0.1, 0.15) is 12.1 Å². The van der Waals surface area contributed by atoms with Crippen molar-refractivity contribution in [3.8, 4) is 0 Å². The quantitative estimate of drug-likeness (QED) is 0.569. The second kappa shape index (κ2) is 8.87. The van der Waals surface area contributed by atoms with E-state index in [0.717, 1.165) is 10.8 Å². The first-order valence-electron chi connectivity index (χ1n) is 9.66. The largest absolute Gasteiger partial charge is 0.459 e. The molecule has 0 atom stereocenters. The van der Waals surface area contributed by atoms with E-state index in [4.69, 9.17) is 4.74 Å². The van der Waals surface area contributed by atoms with Gasteiger partial charge in [-0.05, 0) is 61.9 Å². The van der Waals surface area contributed by atoms with Crippen LogP contribution in [0.15, 0.2) is 71.6 Å². The lowest BCUT2D eigenvalue weighted by Gasteiger charge is -2.19. The topological polar surface area (TPSA) is 102 Å². The summed E-state index contributed by atoms with van der Waals surface area (Å²) in [4.78, 5) is 24.4. The highest BCUT2D eigenvalue weighted by atomic mass is 32.2. The van der Waals surface area contributed by atoms with Gasteiger partial charge < -0.3 is 10.1 Å². The molecule has 0 radical (unpaired) electrons. The molecule has 31 heavy (non-hydrogen) atoms. The molecule has 162 valence electrons. The van der Waals surface area contributed by atoms with Crippen LogP contribution in [0.25, 0.3) is 10.8 Å². The van der Waals surface area contributed by atoms with E-state index < -0.39 is 28.1 Å². The van der Waals surface area contributed by atoms with Crippen molar-refractivity contribution in [2.24, 2.45) is 0 Å². The lowest BCUT2D eigenvalue weighted by Crippen LogP contribution is -2.34. The van der Waals surface area contributed by atoms with Gasteiger partial charge in [0.15, 0.2) is 0 Å². The maximum Gasteiger partial charge on any atom is 0.321 e. The lowest BCUT2D eigenvalue weighted by atomic mass is 10.0. The Labute approximate surface area is 181 Å². The average Bonchev–Trinajstić information content (AvgIpc) is 2.71. The SMILES string of the molecule is CC(C)(C)OC(=O)CNS(=O)(=O)c1ccc(NC(=O)c2cccc3ccccc23)cc1. The second-order valence-corrected chi connectivity index (χ2v) is 9.68. The van der Waals surface area contributed by atoms with Crippen LogP contribution in [0.5, 0.6) is 0 Å². The van der Waals surface area contributed by atoms with Gasteiger partial charge in [0.25, 0.3) is 5.91 Å². The Balaban J connectivity index is 1.68. The molecule has 7 nitrogen and oxygen atoms in total. The van der Waals surface area contributed by atoms with E-state index in [1.54, 1.807) is 26.8 Å². The number of anilines is 1. The third-order valence-corrected chi connectivity index (χ3v) is 5.70. The first kappa shape index (κ1) is 22.5. The Hall–Kier alpha value is -3.23. The third kappa shape index (κ3) is 5.90. The maximum atomic E-state index is 12.7. The van der Waals surface area contributed by atoms with Gasteiger partial charge in [-0.1, -0.05) is 36.4 Å². The van der Waals surface area contributed by atoms with Crippen LogP contribution in [-0.4, -0.2) is 32.4 Å². The number of fused-ring (bicyclic) bond motifs is 1. The highest BCUT2D eigenvalue weighted by Gasteiger charge is 2.20. The zero-order valence-electron chi connectivity index (χ0n) is 17.5. The monoisotopic (exact) mass is 440 g/mol. The summed E-state index contributed by atoms with van der Waals surface area (Å²) in [5.41, 5.74) is 0.268. The summed E-state index contributed by atoms with van der Waals surface area (Å²) in [6, 6.07) is 18.7. The smallest absolute Gasteiger partial charge is 0.321 e. The van der Waals surface area contributed by atoms with Crippen LogP contribution in [-0.2, 0) is 19.6 Å². The Morgan fingerprint density at radius 3 is 2.23 bits per heavy atom. The van der Waals surface area contributed by atoms with Gasteiger partial charge in [0, 0.05) is 11.3 Å². The zero-order valence-corrected chi connectivity index (χ0v) is 18.3. The molecule has 0 fully saturated rings. The molecule has 2 N–H and O–H groups in total. The van der Waals surface area contributed by atoms with Gasteiger partial charge in [-0.3, -0.25) is 9.59 Å². The molecular formula is C23H24N2O5S. The summed E-state index contributed by atoms with van der Waals surface area (Å²) in [7, 11) is -3.90. The van der Waals surface area contributed by atoms with E-state index >= 15 is 0 Å². The van der Waals surface area contributed by atoms with Crippen molar-refractivity contribution < 1.29 is 22.7 Å². The van der Waals surface area contributed by atoms with Crippen LogP contribution >= 0.6 is 0 Å². The fourth-order valence-corrected chi connectivity index (χ4v) is 3.92. The molecule has 0 aliphatic heterocycles. The molecular weight excluding hydrogens is 416 g/mol. The summed E-state index contributed by atoms with van der Waals surface area (Å²) < 4.78 is 32.1. The van der Waals surface area contributed by atoms with Gasteiger partial charge in [-0.25, -0.2) is 8.42 Å². The molecule has 0 bridgehead atoms. The molecule has 0 aliphatic carbocycles. The average molecular weight is 441 g/mol. The minimum absolute atomic E-state index is 0.0285. The minimum atomic E-state index is -3.90. The molecule has 3 aromatic rings. The van der Waals surface area contributed by atoms with Crippen molar-refractivity contribution in [2.75, 3.05) is 11.9 Å². The Morgan fingerprint density at radius 1 is 0.903 bits per heavy atom. The summed E-state index contributed by atoms with van der Waals surface area (Å²) in [6.45, 7) is 4.62. The summed E-state index contributed by atoms with van der Waals surface area (Å²) in [5, 5.41) is 4.56. The number of amides is 1. The van der Waals surface area contributed by atoms with Crippen LogP contribution < -0.4 is 10.0 Å². The molecule has 0 heterocycles. The molecule has 8 heteroatoms. The van der Waals surface area contributed by atoms with Crippen molar-refractivity contribution in [1.82, 2.24) is 4.72 Å². The number of hydrogen-bond acceptors (Lipinski definition) is 5. The number of carbonyl (C=O) groups is 2. The van der Waals surface area contributed by atoms with Crippen LogP contribution in [0, 0.1) is 0 Å². The third-order valence-electron chi connectivity index (χ3n) is 4.28. The number of benzene rings is 3. The Morgan fingerprint density at radius 2 is 1.55 bits per heavy atom. The number of nitrogens with one attached hydrogen (secondary N) is 2. The fourth-order valence-electron chi connectivity index (χ4n) is 2.95. The van der Waals surface area contributed by atoms with E-state index in [-0.39, 0.29) is 10.8 Å². The van der Waals surface area contributed by atoms with Crippen molar-refractivity contribution >= 4 is 38.4 Å². The van der Waals surface area contributed by atoms with Crippen LogP contribution in [0.4, 0.5) is 5.69 Å². The number of ether oxygens (including phenoxy) is 1. The number of esters is 1. The molecule has 0 saturated heterocycles. The normalized spacial score (nSPS) is 11.8. The molecule has 0 unspecified atom stereocenters. The first-order valence-corrected chi connectivity index (χ1v) is 11.1. The van der Waals surface area contributed by atoms with Crippen molar-refractivity contribution in [3.05, 3.63) is 72.3 Å². The molecule has 0 spiro atoms. The predicted octanol–water partition coefficient (Wildman–Crippen LogP) is 3.71. The van der Waals surface area contributed by atoms with Crippen LogP contribution in [0.1, 0.15) is 31.1 Å². The summed E-state index contributed by atoms with van der Waals surface area (Å²) in [6.07, 6.45) is 0. The van der Waals surface area contributed by atoms with E-state index in [2.05, 4.69) is 10.0 Å². The zero-order chi connectivity index (χ0) is 22.6. The number of rotatable bonds is 6. The highest BCUT2D eigenvalue weighted by molar-refractivity contribution is 7.89. The van der Waals surface area contributed by atoms with Gasteiger partial charge in [0.05, 0.1) is 4.90 Å². The van der Waals surface area contributed by atoms with Crippen LogP contribution in [0.2, 0.25) is 0 Å². The van der Waals surface area contributed by atoms with E-state index in [9.17, 15) is 18.0 Å². The number of hydrogen-bond donors (Lipinski definition) is 2. The molecule has 3 rings (SSSR count). The van der Waals surface area contributed by atoms with Gasteiger partial charge >= 0.3 is 5.97 Å². The van der Waals surface area contributed by atoms with E-state index in [1.165, 1.54) is 24.3 Å². The summed E-state index contributed by atoms with van der Waals surface area (Å²) >= 11 is 0. The van der Waals surface area contributed by atoms with Crippen molar-refractivity contribution in [2.45, 2.75) is 31.3 Å². The number of carbonyl (C=O) groups excluding carboxylic acids is 2. The second-order valence-electron chi connectivity index (χ2n) is 7.92. The Bertz CT molecular complexity index is 1210. The minimum Gasteiger partial charge on any atom is -0.459 e. The van der Waals surface area contributed by atoms with Crippen LogP contribution in [0.3, 0.4) is 0 Å². The molecule has 0 aromatic heterocycles. The molecule has 1 amide bonds. The molecule has 0 aliphatic rings. The highest BCUT2D eigenvalue weighted by Crippen LogP contribution is 2.21. The van der Waals surface area contributed by atoms with E-state index in [0.29, 0.717) is 11.3 Å². The maximum absolute atomic E-state index is 12.7. The predicted molar refractivity (Wildman–Crippen MR) is 119 cm³/mol. The standard InChI is InChI=1S/C23H24N2O5S/c1-23(2,3)30-21(26)15-24-31(28,29)18-13-11-17(12-14-18)25-22(27)20-10-6-8-16-7-4-5-9-19(16)20/h4-14,24H,15H2,1-3H3,(H,25,27). The van der Waals surface area contributed by atoms with Crippen molar-refractivity contribution in [1.29, 1.82) is 0 Å².